The van der Waals surface area contributed by atoms with Crippen molar-refractivity contribution in [3.63, 3.8) is 0 Å². The molecule has 7 heteroatoms. The summed E-state index contributed by atoms with van der Waals surface area (Å²) in [6.45, 7) is 1.96. The van der Waals surface area contributed by atoms with Gasteiger partial charge >= 0.3 is 0 Å². The first-order valence-electron chi connectivity index (χ1n) is 8.07. The van der Waals surface area contributed by atoms with Crippen molar-refractivity contribution in [1.82, 2.24) is 15.1 Å². The van der Waals surface area contributed by atoms with Crippen LogP contribution in [0.1, 0.15) is 25.0 Å². The molecule has 0 saturated carbocycles. The lowest BCUT2D eigenvalue weighted by atomic mass is 10.1. The Morgan fingerprint density at radius 1 is 1.12 bits per heavy atom. The van der Waals surface area contributed by atoms with Gasteiger partial charge in [-0.25, -0.2) is 4.98 Å². The molecule has 0 unspecified atom stereocenters. The molecule has 1 fully saturated rings. The van der Waals surface area contributed by atoms with E-state index in [2.05, 4.69) is 20.0 Å². The number of hydrogen-bond acceptors (Lipinski definition) is 7. The van der Waals surface area contributed by atoms with Gasteiger partial charge in [-0.1, -0.05) is 5.16 Å². The van der Waals surface area contributed by atoms with Crippen LogP contribution in [0.25, 0.3) is 22.8 Å². The van der Waals surface area contributed by atoms with Crippen molar-refractivity contribution >= 4 is 5.82 Å². The first-order valence-corrected chi connectivity index (χ1v) is 8.07. The minimum absolute atomic E-state index is 0.164. The standard InChI is InChI=1S/C17H18N4O3/c22-10-14-8-13(11-23-14)17-19-16(20-24-17)12-4-5-15(18-9-12)21-6-2-1-3-7-21/h4-5,8-9,11,22H,1-3,6-7,10H2. The number of rotatable bonds is 4. The van der Waals surface area contributed by atoms with Crippen molar-refractivity contribution in [1.29, 1.82) is 0 Å². The summed E-state index contributed by atoms with van der Waals surface area (Å²) >= 11 is 0. The maximum atomic E-state index is 9.04. The topological polar surface area (TPSA) is 88.4 Å². The molecule has 1 N–H and O–H groups in total. The summed E-state index contributed by atoms with van der Waals surface area (Å²) < 4.78 is 10.4. The van der Waals surface area contributed by atoms with Crippen LogP contribution in [0.4, 0.5) is 5.82 Å². The SMILES string of the molecule is OCc1cc(-c2nc(-c3ccc(N4CCCCC4)nc3)no2)co1. The molecule has 4 rings (SSSR count). The monoisotopic (exact) mass is 326 g/mol. The van der Waals surface area contributed by atoms with E-state index in [1.54, 1.807) is 12.3 Å². The molecular formula is C17H18N4O3. The van der Waals surface area contributed by atoms with Crippen molar-refractivity contribution < 1.29 is 14.0 Å². The molecule has 0 amide bonds. The normalized spacial score (nSPS) is 15.0. The molecule has 4 heterocycles. The zero-order chi connectivity index (χ0) is 16.4. The van der Waals surface area contributed by atoms with E-state index in [0.29, 0.717) is 23.0 Å². The van der Waals surface area contributed by atoms with E-state index in [0.717, 1.165) is 24.5 Å². The van der Waals surface area contributed by atoms with E-state index >= 15 is 0 Å². The van der Waals surface area contributed by atoms with Gasteiger partial charge < -0.3 is 18.9 Å². The Balaban J connectivity index is 1.53. The van der Waals surface area contributed by atoms with Crippen LogP contribution in [0.2, 0.25) is 0 Å². The fourth-order valence-corrected chi connectivity index (χ4v) is 2.86. The quantitative estimate of drug-likeness (QED) is 0.788. The van der Waals surface area contributed by atoms with Crippen LogP contribution in [0.3, 0.4) is 0 Å². The van der Waals surface area contributed by atoms with Gasteiger partial charge in [-0.15, -0.1) is 0 Å². The number of hydrogen-bond donors (Lipinski definition) is 1. The Morgan fingerprint density at radius 2 is 2.00 bits per heavy atom. The Labute approximate surface area is 138 Å². The van der Waals surface area contributed by atoms with Crippen LogP contribution in [0.5, 0.6) is 0 Å². The molecular weight excluding hydrogens is 308 g/mol. The Bertz CT molecular complexity index is 803. The molecule has 1 aliphatic rings. The summed E-state index contributed by atoms with van der Waals surface area (Å²) in [4.78, 5) is 11.2. The molecule has 1 aliphatic heterocycles. The van der Waals surface area contributed by atoms with E-state index in [1.807, 2.05) is 12.1 Å². The number of pyridine rings is 1. The first-order chi connectivity index (χ1) is 11.8. The van der Waals surface area contributed by atoms with Gasteiger partial charge in [0.2, 0.25) is 5.82 Å². The maximum Gasteiger partial charge on any atom is 0.261 e. The highest BCUT2D eigenvalue weighted by Gasteiger charge is 2.15. The van der Waals surface area contributed by atoms with E-state index < -0.39 is 0 Å². The van der Waals surface area contributed by atoms with Crippen LogP contribution in [0, 0.1) is 0 Å². The molecule has 0 aromatic carbocycles. The third-order valence-electron chi connectivity index (χ3n) is 4.17. The van der Waals surface area contributed by atoms with Crippen LogP contribution >= 0.6 is 0 Å². The molecule has 1 saturated heterocycles. The lowest BCUT2D eigenvalue weighted by molar-refractivity contribution is 0.247. The highest BCUT2D eigenvalue weighted by Crippen LogP contribution is 2.25. The third-order valence-corrected chi connectivity index (χ3v) is 4.17. The lowest BCUT2D eigenvalue weighted by Crippen LogP contribution is -2.29. The smallest absolute Gasteiger partial charge is 0.261 e. The summed E-state index contributed by atoms with van der Waals surface area (Å²) in [6, 6.07) is 5.63. The van der Waals surface area contributed by atoms with Crippen molar-refractivity contribution in [3.8, 4) is 22.8 Å². The fraction of sp³-hybridized carbons (Fsp3) is 0.353. The average Bonchev–Trinajstić information content (AvgIpc) is 3.32. The van der Waals surface area contributed by atoms with Crippen LogP contribution < -0.4 is 4.90 Å². The number of nitrogens with zero attached hydrogens (tertiary/aromatic N) is 4. The van der Waals surface area contributed by atoms with Gasteiger partial charge in [0.1, 0.15) is 24.4 Å². The fourth-order valence-electron chi connectivity index (χ4n) is 2.86. The second-order valence-electron chi connectivity index (χ2n) is 5.84. The Hall–Kier alpha value is -2.67. The van der Waals surface area contributed by atoms with E-state index in [-0.39, 0.29) is 6.61 Å². The van der Waals surface area contributed by atoms with Crippen LogP contribution in [-0.2, 0) is 6.61 Å². The number of furan rings is 1. The molecule has 7 nitrogen and oxygen atoms in total. The molecule has 3 aromatic rings. The number of aliphatic hydroxyl groups is 1. The van der Waals surface area contributed by atoms with Crippen LogP contribution in [-0.4, -0.2) is 33.3 Å². The first kappa shape index (κ1) is 14.9. The zero-order valence-corrected chi connectivity index (χ0v) is 13.2. The van der Waals surface area contributed by atoms with Gasteiger partial charge in [-0.3, -0.25) is 0 Å². The Kier molecular flexibility index (Phi) is 4.00. The van der Waals surface area contributed by atoms with Crippen LogP contribution in [0.15, 0.2) is 39.6 Å². The minimum Gasteiger partial charge on any atom is -0.466 e. The number of aromatic nitrogens is 3. The van der Waals surface area contributed by atoms with E-state index in [9.17, 15) is 0 Å². The van der Waals surface area contributed by atoms with Gasteiger partial charge in [0.15, 0.2) is 0 Å². The highest BCUT2D eigenvalue weighted by molar-refractivity contribution is 5.60. The third kappa shape index (κ3) is 2.90. The maximum absolute atomic E-state index is 9.04. The van der Waals surface area contributed by atoms with Crippen molar-refractivity contribution in [2.45, 2.75) is 25.9 Å². The van der Waals surface area contributed by atoms with Gasteiger partial charge in [-0.2, -0.15) is 4.98 Å². The van der Waals surface area contributed by atoms with E-state index in [1.165, 1.54) is 25.5 Å². The van der Waals surface area contributed by atoms with Gasteiger partial charge in [0, 0.05) is 24.8 Å². The predicted octanol–water partition coefficient (Wildman–Crippen LogP) is 2.87. The number of piperidine rings is 1. The molecule has 0 aliphatic carbocycles. The van der Waals surface area contributed by atoms with Gasteiger partial charge in [0.25, 0.3) is 5.89 Å². The molecule has 0 radical (unpaired) electrons. The largest absolute Gasteiger partial charge is 0.466 e. The van der Waals surface area contributed by atoms with Gasteiger partial charge in [0.05, 0.1) is 5.56 Å². The summed E-state index contributed by atoms with van der Waals surface area (Å²) in [5, 5.41) is 13.0. The second kappa shape index (κ2) is 6.45. The number of aliphatic hydroxyl groups excluding tert-OH is 1. The summed E-state index contributed by atoms with van der Waals surface area (Å²) in [6.07, 6.45) is 7.00. The van der Waals surface area contributed by atoms with Crippen molar-refractivity contribution in [3.05, 3.63) is 36.4 Å². The summed E-state index contributed by atoms with van der Waals surface area (Å²) in [5.74, 6) is 2.28. The Morgan fingerprint density at radius 3 is 2.71 bits per heavy atom. The number of anilines is 1. The van der Waals surface area contributed by atoms with Crippen molar-refractivity contribution in [2.75, 3.05) is 18.0 Å². The molecule has 3 aromatic heterocycles. The highest BCUT2D eigenvalue weighted by atomic mass is 16.5. The molecule has 0 bridgehead atoms. The lowest BCUT2D eigenvalue weighted by Gasteiger charge is -2.27. The van der Waals surface area contributed by atoms with E-state index in [4.69, 9.17) is 14.0 Å². The molecule has 24 heavy (non-hydrogen) atoms. The molecule has 124 valence electrons. The van der Waals surface area contributed by atoms with Gasteiger partial charge in [-0.05, 0) is 37.5 Å². The molecule has 0 atom stereocenters. The minimum atomic E-state index is -0.164. The van der Waals surface area contributed by atoms with Crippen molar-refractivity contribution in [2.24, 2.45) is 0 Å². The zero-order valence-electron chi connectivity index (χ0n) is 13.2. The average molecular weight is 326 g/mol. The second-order valence-corrected chi connectivity index (χ2v) is 5.84. The summed E-state index contributed by atoms with van der Waals surface area (Å²) in [7, 11) is 0. The summed E-state index contributed by atoms with van der Waals surface area (Å²) in [5.41, 5.74) is 1.45. The predicted molar refractivity (Wildman–Crippen MR) is 87.2 cm³/mol. The molecule has 0 spiro atoms.